The molecule has 2 aromatic rings. The van der Waals surface area contributed by atoms with Gasteiger partial charge in [0, 0.05) is 40.8 Å². The van der Waals surface area contributed by atoms with Crippen LogP contribution in [0, 0.1) is 0 Å². The Morgan fingerprint density at radius 1 is 1.21 bits per heavy atom. The fraction of sp³-hybridized carbons (Fsp3) is 0.471. The molecule has 3 heterocycles. The normalized spacial score (nSPS) is 27.5. The van der Waals surface area contributed by atoms with E-state index in [9.17, 15) is 13.2 Å². The first-order valence-electron chi connectivity index (χ1n) is 8.28. The molecule has 2 saturated heterocycles. The molecule has 0 radical (unpaired) electrons. The minimum absolute atomic E-state index is 0.0243. The van der Waals surface area contributed by atoms with E-state index in [1.807, 2.05) is 30.5 Å². The molecule has 2 bridgehead atoms. The summed E-state index contributed by atoms with van der Waals surface area (Å²) in [7, 11) is -3.17. The Bertz CT molecular complexity index is 875. The zero-order valence-corrected chi connectivity index (χ0v) is 14.3. The fourth-order valence-corrected chi connectivity index (χ4v) is 5.72. The van der Waals surface area contributed by atoms with Crippen molar-refractivity contribution >= 4 is 26.8 Å². The molecule has 2 atom stereocenters. The smallest absolute Gasteiger partial charge is 0.251 e. The summed E-state index contributed by atoms with van der Waals surface area (Å²) in [4.78, 5) is 15.6. The standard InChI is InChI=1S/C17H21N3O3S/c1-24(22,23)20-14-3-4-15(20)10-13(9-14)19-17(21)12-2-5-16-11(8-12)6-7-18-16/h2,5-8,13-15,18H,3-4,9-10H2,1H3,(H,19,21). The van der Waals surface area contributed by atoms with Gasteiger partial charge in [0.2, 0.25) is 10.0 Å². The number of nitrogens with zero attached hydrogens (tertiary/aromatic N) is 1. The first kappa shape index (κ1) is 15.7. The molecular weight excluding hydrogens is 326 g/mol. The molecule has 2 fully saturated rings. The minimum Gasteiger partial charge on any atom is -0.361 e. The second kappa shape index (κ2) is 5.60. The van der Waals surface area contributed by atoms with Crippen molar-refractivity contribution in [3.05, 3.63) is 36.0 Å². The number of sulfonamides is 1. The van der Waals surface area contributed by atoms with E-state index in [2.05, 4.69) is 10.3 Å². The molecule has 2 unspecified atom stereocenters. The summed E-state index contributed by atoms with van der Waals surface area (Å²) in [6.07, 6.45) is 6.30. The van der Waals surface area contributed by atoms with Gasteiger partial charge in [0.05, 0.1) is 6.26 Å². The number of carbonyl (C=O) groups excluding carboxylic acids is 1. The molecule has 1 aromatic heterocycles. The van der Waals surface area contributed by atoms with Crippen molar-refractivity contribution in [2.45, 2.75) is 43.8 Å². The molecule has 2 N–H and O–H groups in total. The summed E-state index contributed by atoms with van der Waals surface area (Å²) >= 11 is 0. The Morgan fingerprint density at radius 3 is 2.58 bits per heavy atom. The summed E-state index contributed by atoms with van der Waals surface area (Å²) in [6, 6.07) is 7.62. The summed E-state index contributed by atoms with van der Waals surface area (Å²) in [5.74, 6) is -0.0877. The molecule has 6 nitrogen and oxygen atoms in total. The Balaban J connectivity index is 1.47. The number of aromatic amines is 1. The quantitative estimate of drug-likeness (QED) is 0.889. The van der Waals surface area contributed by atoms with Gasteiger partial charge in [-0.1, -0.05) is 0 Å². The Morgan fingerprint density at radius 2 is 1.92 bits per heavy atom. The van der Waals surface area contributed by atoms with Gasteiger partial charge in [-0.2, -0.15) is 4.31 Å². The molecule has 2 aliphatic heterocycles. The van der Waals surface area contributed by atoms with Crippen LogP contribution in [0.1, 0.15) is 36.0 Å². The van der Waals surface area contributed by atoms with Gasteiger partial charge in [-0.15, -0.1) is 0 Å². The second-order valence-corrected chi connectivity index (χ2v) is 8.79. The Kier molecular flexibility index (Phi) is 3.65. The van der Waals surface area contributed by atoms with Crippen LogP contribution in [0.3, 0.4) is 0 Å². The highest BCUT2D eigenvalue weighted by Crippen LogP contribution is 2.37. The predicted octanol–water partition coefficient (Wildman–Crippen LogP) is 1.85. The van der Waals surface area contributed by atoms with Gasteiger partial charge in [0.25, 0.3) is 5.91 Å². The number of hydrogen-bond donors (Lipinski definition) is 2. The van der Waals surface area contributed by atoms with Gasteiger partial charge in [-0.05, 0) is 49.9 Å². The van der Waals surface area contributed by atoms with Crippen LogP contribution in [-0.4, -0.2) is 48.0 Å². The van der Waals surface area contributed by atoms with Crippen molar-refractivity contribution in [2.75, 3.05) is 6.26 Å². The molecular formula is C17H21N3O3S. The van der Waals surface area contributed by atoms with E-state index in [1.54, 1.807) is 4.31 Å². The van der Waals surface area contributed by atoms with Gasteiger partial charge >= 0.3 is 0 Å². The number of fused-ring (bicyclic) bond motifs is 3. The van der Waals surface area contributed by atoms with E-state index in [-0.39, 0.29) is 24.0 Å². The third-order valence-electron chi connectivity index (χ3n) is 5.20. The lowest BCUT2D eigenvalue weighted by atomic mass is 9.99. The van der Waals surface area contributed by atoms with Gasteiger partial charge in [-0.25, -0.2) is 8.42 Å². The van der Waals surface area contributed by atoms with Crippen LogP contribution < -0.4 is 5.32 Å². The molecule has 4 rings (SSSR count). The van der Waals surface area contributed by atoms with E-state index in [1.165, 1.54) is 6.26 Å². The summed E-state index contributed by atoms with van der Waals surface area (Å²) < 4.78 is 25.5. The van der Waals surface area contributed by atoms with Crippen molar-refractivity contribution in [1.82, 2.24) is 14.6 Å². The second-order valence-electron chi connectivity index (χ2n) is 6.90. The van der Waals surface area contributed by atoms with Gasteiger partial charge in [-0.3, -0.25) is 4.79 Å². The van der Waals surface area contributed by atoms with Gasteiger partial charge in [0.1, 0.15) is 0 Å². The van der Waals surface area contributed by atoms with Crippen molar-refractivity contribution in [2.24, 2.45) is 0 Å². The SMILES string of the molecule is CS(=O)(=O)N1C2CCC1CC(NC(=O)c1ccc3[nH]ccc3c1)C2. The number of nitrogens with one attached hydrogen (secondary N) is 2. The van der Waals surface area contributed by atoms with Gasteiger partial charge < -0.3 is 10.3 Å². The van der Waals surface area contributed by atoms with Gasteiger partial charge in [0.15, 0.2) is 0 Å². The highest BCUT2D eigenvalue weighted by Gasteiger charge is 2.45. The van der Waals surface area contributed by atoms with E-state index >= 15 is 0 Å². The van der Waals surface area contributed by atoms with E-state index < -0.39 is 10.0 Å². The highest BCUT2D eigenvalue weighted by molar-refractivity contribution is 7.88. The van der Waals surface area contributed by atoms with Crippen LogP contribution >= 0.6 is 0 Å². The average molecular weight is 347 g/mol. The van der Waals surface area contributed by atoms with Crippen LogP contribution in [0.25, 0.3) is 10.9 Å². The van der Waals surface area contributed by atoms with Crippen LogP contribution in [0.4, 0.5) is 0 Å². The number of H-pyrrole nitrogens is 1. The van der Waals surface area contributed by atoms with Crippen molar-refractivity contribution in [1.29, 1.82) is 0 Å². The van der Waals surface area contributed by atoms with Crippen LogP contribution in [0.2, 0.25) is 0 Å². The molecule has 0 aliphatic carbocycles. The number of rotatable bonds is 3. The van der Waals surface area contributed by atoms with E-state index in [0.29, 0.717) is 18.4 Å². The monoisotopic (exact) mass is 347 g/mol. The number of carbonyl (C=O) groups is 1. The fourth-order valence-electron chi connectivity index (χ4n) is 4.26. The number of aromatic nitrogens is 1. The topological polar surface area (TPSA) is 82.3 Å². The number of piperidine rings is 1. The van der Waals surface area contributed by atoms with Crippen LogP contribution in [0.15, 0.2) is 30.5 Å². The highest BCUT2D eigenvalue weighted by atomic mass is 32.2. The minimum atomic E-state index is -3.17. The third kappa shape index (κ3) is 2.71. The maximum Gasteiger partial charge on any atom is 0.251 e. The Hall–Kier alpha value is -1.86. The molecule has 1 aromatic carbocycles. The molecule has 1 amide bonds. The average Bonchev–Trinajstić information content (AvgIpc) is 3.09. The molecule has 2 aliphatic rings. The van der Waals surface area contributed by atoms with Crippen molar-refractivity contribution in [3.8, 4) is 0 Å². The maximum absolute atomic E-state index is 12.5. The van der Waals surface area contributed by atoms with Crippen molar-refractivity contribution < 1.29 is 13.2 Å². The lowest BCUT2D eigenvalue weighted by Gasteiger charge is -2.37. The Labute approximate surface area is 141 Å². The van der Waals surface area contributed by atoms with E-state index in [4.69, 9.17) is 0 Å². The first-order valence-corrected chi connectivity index (χ1v) is 10.1. The predicted molar refractivity (Wildman–Crippen MR) is 92.3 cm³/mol. The van der Waals surface area contributed by atoms with Crippen LogP contribution in [0.5, 0.6) is 0 Å². The molecule has 7 heteroatoms. The van der Waals surface area contributed by atoms with Crippen molar-refractivity contribution in [3.63, 3.8) is 0 Å². The summed E-state index contributed by atoms with van der Waals surface area (Å²) in [6.45, 7) is 0. The zero-order valence-electron chi connectivity index (χ0n) is 13.5. The molecule has 0 spiro atoms. The lowest BCUT2D eigenvalue weighted by Crippen LogP contribution is -2.52. The summed E-state index contributed by atoms with van der Waals surface area (Å²) in [5, 5.41) is 4.10. The molecule has 24 heavy (non-hydrogen) atoms. The third-order valence-corrected chi connectivity index (χ3v) is 6.56. The zero-order chi connectivity index (χ0) is 16.9. The summed E-state index contributed by atoms with van der Waals surface area (Å²) in [5.41, 5.74) is 1.64. The number of benzene rings is 1. The number of amides is 1. The van der Waals surface area contributed by atoms with Crippen LogP contribution in [-0.2, 0) is 10.0 Å². The van der Waals surface area contributed by atoms with E-state index in [0.717, 1.165) is 23.7 Å². The maximum atomic E-state index is 12.5. The lowest BCUT2D eigenvalue weighted by molar-refractivity contribution is 0.0909. The first-order chi connectivity index (χ1) is 11.4. The molecule has 128 valence electrons. The largest absolute Gasteiger partial charge is 0.361 e. The molecule has 0 saturated carbocycles. The number of hydrogen-bond acceptors (Lipinski definition) is 3.